The molecule has 2 heterocycles. The summed E-state index contributed by atoms with van der Waals surface area (Å²) in [6.07, 6.45) is 1.79. The first-order valence-electron chi connectivity index (χ1n) is 8.24. The predicted octanol–water partition coefficient (Wildman–Crippen LogP) is 3.36. The number of nitrogens with one attached hydrogen (secondary N) is 1. The Morgan fingerprint density at radius 2 is 1.96 bits per heavy atom. The van der Waals surface area contributed by atoms with E-state index >= 15 is 0 Å². The molecular formula is C20H21N5. The number of aromatic nitrogens is 2. The number of anilines is 1. The number of nitriles is 1. The zero-order valence-corrected chi connectivity index (χ0v) is 14.7. The third-order valence-corrected chi connectivity index (χ3v) is 4.13. The van der Waals surface area contributed by atoms with E-state index in [9.17, 15) is 0 Å². The molecule has 3 aromatic rings. The Bertz CT molecular complexity index is 910. The molecule has 0 aliphatic carbocycles. The van der Waals surface area contributed by atoms with Gasteiger partial charge < -0.3 is 4.90 Å². The van der Waals surface area contributed by atoms with Crippen molar-refractivity contribution in [2.24, 2.45) is 0 Å². The van der Waals surface area contributed by atoms with Crippen LogP contribution >= 0.6 is 0 Å². The maximum absolute atomic E-state index is 8.98. The zero-order valence-electron chi connectivity index (χ0n) is 14.7. The number of fused-ring (bicyclic) bond motifs is 1. The molecule has 0 saturated carbocycles. The Hall–Kier alpha value is -2.97. The predicted molar refractivity (Wildman–Crippen MR) is 101 cm³/mol. The van der Waals surface area contributed by atoms with Crippen LogP contribution in [0.2, 0.25) is 0 Å². The largest absolute Gasteiger partial charge is 0.378 e. The summed E-state index contributed by atoms with van der Waals surface area (Å²) in [5, 5.41) is 13.2. The van der Waals surface area contributed by atoms with Crippen LogP contribution in [0.1, 0.15) is 12.6 Å². The third-order valence-electron chi connectivity index (χ3n) is 4.13. The lowest BCUT2D eigenvalue weighted by Crippen LogP contribution is -2.24. The van der Waals surface area contributed by atoms with E-state index in [0.29, 0.717) is 6.54 Å². The van der Waals surface area contributed by atoms with Crippen LogP contribution in [0.5, 0.6) is 0 Å². The Morgan fingerprint density at radius 3 is 2.64 bits per heavy atom. The van der Waals surface area contributed by atoms with E-state index in [0.717, 1.165) is 33.5 Å². The highest BCUT2D eigenvalue weighted by atomic mass is 15.1. The fourth-order valence-electron chi connectivity index (χ4n) is 2.65. The van der Waals surface area contributed by atoms with Gasteiger partial charge in [-0.1, -0.05) is 12.1 Å². The number of rotatable bonds is 5. The Labute approximate surface area is 148 Å². The summed E-state index contributed by atoms with van der Waals surface area (Å²) in [6.45, 7) is 2.37. The third kappa shape index (κ3) is 3.76. The van der Waals surface area contributed by atoms with Crippen molar-refractivity contribution in [1.82, 2.24) is 15.3 Å². The molecule has 126 valence electrons. The molecule has 0 aliphatic rings. The summed E-state index contributed by atoms with van der Waals surface area (Å²) in [4.78, 5) is 11.4. The van der Waals surface area contributed by atoms with Gasteiger partial charge in [-0.15, -0.1) is 0 Å². The molecule has 0 radical (unpaired) electrons. The zero-order chi connectivity index (χ0) is 17.8. The molecule has 3 rings (SSSR count). The molecule has 0 bridgehead atoms. The molecule has 25 heavy (non-hydrogen) atoms. The van der Waals surface area contributed by atoms with Crippen molar-refractivity contribution in [2.75, 3.05) is 19.0 Å². The fourth-order valence-corrected chi connectivity index (χ4v) is 2.65. The first-order chi connectivity index (χ1) is 12.1. The second kappa shape index (κ2) is 7.29. The average molecular weight is 331 g/mol. The number of benzene rings is 1. The summed E-state index contributed by atoms with van der Waals surface area (Å²) >= 11 is 0. The van der Waals surface area contributed by atoms with Crippen molar-refractivity contribution in [1.29, 1.82) is 5.26 Å². The van der Waals surface area contributed by atoms with E-state index in [4.69, 9.17) is 10.2 Å². The van der Waals surface area contributed by atoms with Crippen LogP contribution in [0.3, 0.4) is 0 Å². The molecule has 0 spiro atoms. The molecular weight excluding hydrogens is 310 g/mol. The van der Waals surface area contributed by atoms with E-state index in [1.54, 1.807) is 6.20 Å². The van der Waals surface area contributed by atoms with Crippen LogP contribution in [0.4, 0.5) is 5.69 Å². The van der Waals surface area contributed by atoms with Crippen molar-refractivity contribution >= 4 is 16.6 Å². The molecule has 5 nitrogen and oxygen atoms in total. The van der Waals surface area contributed by atoms with Crippen LogP contribution in [-0.2, 0) is 6.54 Å². The lowest BCUT2D eigenvalue weighted by molar-refractivity contribution is 0.635. The van der Waals surface area contributed by atoms with Gasteiger partial charge in [-0.05, 0) is 37.3 Å². The van der Waals surface area contributed by atoms with Gasteiger partial charge in [-0.2, -0.15) is 5.26 Å². The van der Waals surface area contributed by atoms with E-state index in [2.05, 4.69) is 45.5 Å². The van der Waals surface area contributed by atoms with Crippen molar-refractivity contribution in [3.05, 3.63) is 54.4 Å². The molecule has 0 aliphatic heterocycles. The lowest BCUT2D eigenvalue weighted by atomic mass is 10.1. The maximum Gasteiger partial charge on any atom is 0.0927 e. The van der Waals surface area contributed by atoms with Crippen LogP contribution in [0.15, 0.2) is 48.7 Å². The summed E-state index contributed by atoms with van der Waals surface area (Å²) in [5.41, 5.74) is 4.89. The quantitative estimate of drug-likeness (QED) is 0.776. The van der Waals surface area contributed by atoms with Gasteiger partial charge in [0.2, 0.25) is 0 Å². The highest BCUT2D eigenvalue weighted by Crippen LogP contribution is 2.25. The fraction of sp³-hybridized carbons (Fsp3) is 0.250. The maximum atomic E-state index is 8.98. The van der Waals surface area contributed by atoms with Gasteiger partial charge >= 0.3 is 0 Å². The molecule has 1 aromatic carbocycles. The van der Waals surface area contributed by atoms with Gasteiger partial charge in [0.05, 0.1) is 29.0 Å². The van der Waals surface area contributed by atoms with Gasteiger partial charge in [-0.3, -0.25) is 15.3 Å². The van der Waals surface area contributed by atoms with Gasteiger partial charge in [0.1, 0.15) is 0 Å². The minimum Gasteiger partial charge on any atom is -0.378 e. The minimum absolute atomic E-state index is 0.225. The molecule has 0 fully saturated rings. The number of pyridine rings is 2. The average Bonchev–Trinajstić information content (AvgIpc) is 2.65. The van der Waals surface area contributed by atoms with E-state index < -0.39 is 0 Å². The molecule has 0 saturated heterocycles. The van der Waals surface area contributed by atoms with Crippen molar-refractivity contribution in [3.8, 4) is 17.3 Å². The molecule has 1 unspecified atom stereocenters. The highest BCUT2D eigenvalue weighted by molar-refractivity contribution is 5.84. The Balaban J connectivity index is 2.02. The molecule has 0 amide bonds. The van der Waals surface area contributed by atoms with Crippen molar-refractivity contribution < 1.29 is 0 Å². The molecule has 1 N–H and O–H groups in total. The van der Waals surface area contributed by atoms with Gasteiger partial charge in [0.25, 0.3) is 0 Å². The van der Waals surface area contributed by atoms with Crippen molar-refractivity contribution in [3.63, 3.8) is 0 Å². The topological polar surface area (TPSA) is 64.8 Å². The highest BCUT2D eigenvalue weighted by Gasteiger charge is 2.10. The SMILES string of the molecule is CC(C#N)NCc1nc(-c2ccc(N(C)C)cc2)cc2ncccc12. The van der Waals surface area contributed by atoms with E-state index in [1.807, 2.05) is 39.2 Å². The number of hydrogen-bond donors (Lipinski definition) is 1. The summed E-state index contributed by atoms with van der Waals surface area (Å²) in [5.74, 6) is 0. The summed E-state index contributed by atoms with van der Waals surface area (Å²) < 4.78 is 0. The molecule has 2 aromatic heterocycles. The molecule has 1 atom stereocenters. The van der Waals surface area contributed by atoms with Crippen LogP contribution in [-0.4, -0.2) is 30.1 Å². The Kier molecular flexibility index (Phi) is 4.92. The molecule has 5 heteroatoms. The minimum atomic E-state index is -0.225. The first kappa shape index (κ1) is 16.9. The monoisotopic (exact) mass is 331 g/mol. The lowest BCUT2D eigenvalue weighted by Gasteiger charge is -2.14. The normalized spacial score (nSPS) is 11.9. The van der Waals surface area contributed by atoms with Crippen LogP contribution < -0.4 is 10.2 Å². The Morgan fingerprint density at radius 1 is 1.20 bits per heavy atom. The smallest absolute Gasteiger partial charge is 0.0927 e. The van der Waals surface area contributed by atoms with Crippen LogP contribution in [0, 0.1) is 11.3 Å². The standard InChI is InChI=1S/C20H21N5/c1-14(12-21)23-13-20-17-5-4-10-22-19(17)11-18(24-20)15-6-8-16(9-7-15)25(2)3/h4-11,14,23H,13H2,1-3H3. The summed E-state index contributed by atoms with van der Waals surface area (Å²) in [7, 11) is 4.04. The van der Waals surface area contributed by atoms with Gasteiger partial charge in [-0.25, -0.2) is 0 Å². The second-order valence-corrected chi connectivity index (χ2v) is 6.20. The van der Waals surface area contributed by atoms with Gasteiger partial charge in [0, 0.05) is 43.5 Å². The number of hydrogen-bond acceptors (Lipinski definition) is 5. The van der Waals surface area contributed by atoms with Crippen molar-refractivity contribution in [2.45, 2.75) is 19.5 Å². The second-order valence-electron chi connectivity index (χ2n) is 6.20. The first-order valence-corrected chi connectivity index (χ1v) is 8.24. The number of nitrogens with zero attached hydrogens (tertiary/aromatic N) is 4. The van der Waals surface area contributed by atoms with E-state index in [1.165, 1.54) is 0 Å². The van der Waals surface area contributed by atoms with Crippen LogP contribution in [0.25, 0.3) is 22.2 Å². The summed E-state index contributed by atoms with van der Waals surface area (Å²) in [6, 6.07) is 16.2. The van der Waals surface area contributed by atoms with E-state index in [-0.39, 0.29) is 6.04 Å². The van der Waals surface area contributed by atoms with Gasteiger partial charge in [0.15, 0.2) is 0 Å².